The zero-order valence-corrected chi connectivity index (χ0v) is 12.2. The van der Waals surface area contributed by atoms with Gasteiger partial charge in [0.2, 0.25) is 0 Å². The molecule has 0 spiro atoms. The van der Waals surface area contributed by atoms with Gasteiger partial charge in [0.1, 0.15) is 5.69 Å². The van der Waals surface area contributed by atoms with Gasteiger partial charge in [0.05, 0.1) is 5.69 Å². The number of hydrogen-bond acceptors (Lipinski definition) is 2. The third-order valence-electron chi connectivity index (χ3n) is 4.03. The number of rotatable bonds is 3. The molecule has 2 N–H and O–H groups in total. The molecule has 1 atom stereocenters. The first kappa shape index (κ1) is 14.0. The minimum absolute atomic E-state index is 0.128. The van der Waals surface area contributed by atoms with Gasteiger partial charge in [-0.1, -0.05) is 13.3 Å². The number of piperidine rings is 1. The number of aromatic nitrogens is 1. The lowest BCUT2D eigenvalue weighted by atomic mass is 9.95. The minimum Gasteiger partial charge on any atom is -0.397 e. The van der Waals surface area contributed by atoms with Gasteiger partial charge in [-0.25, -0.2) is 0 Å². The van der Waals surface area contributed by atoms with E-state index < -0.39 is 0 Å². The van der Waals surface area contributed by atoms with Gasteiger partial charge in [-0.15, -0.1) is 0 Å². The number of nitrogen functional groups attached to an aromatic ring is 1. The molecule has 1 aromatic rings. The van der Waals surface area contributed by atoms with Crippen molar-refractivity contribution in [1.29, 1.82) is 0 Å². The summed E-state index contributed by atoms with van der Waals surface area (Å²) >= 11 is 0. The Morgan fingerprint density at radius 3 is 2.89 bits per heavy atom. The SMILES string of the molecule is CCC1CCCN(C(=O)c2cc(N)cn2C(C)C)C1. The highest BCUT2D eigenvalue weighted by molar-refractivity contribution is 5.94. The van der Waals surface area contributed by atoms with Crippen LogP contribution in [0.2, 0.25) is 0 Å². The summed E-state index contributed by atoms with van der Waals surface area (Å²) in [6.07, 6.45) is 5.37. The monoisotopic (exact) mass is 263 g/mol. The zero-order chi connectivity index (χ0) is 14.0. The van der Waals surface area contributed by atoms with Crippen LogP contribution in [0.15, 0.2) is 12.3 Å². The molecule has 0 bridgehead atoms. The summed E-state index contributed by atoms with van der Waals surface area (Å²) in [6.45, 7) is 8.10. The molecular weight excluding hydrogens is 238 g/mol. The molecule has 4 nitrogen and oxygen atoms in total. The van der Waals surface area contributed by atoms with Crippen LogP contribution in [0.4, 0.5) is 5.69 Å². The number of likely N-dealkylation sites (tertiary alicyclic amines) is 1. The highest BCUT2D eigenvalue weighted by atomic mass is 16.2. The maximum atomic E-state index is 12.6. The predicted octanol–water partition coefficient (Wildman–Crippen LogP) is 2.91. The van der Waals surface area contributed by atoms with Gasteiger partial charge < -0.3 is 15.2 Å². The van der Waals surface area contributed by atoms with Crippen molar-refractivity contribution >= 4 is 11.6 Å². The molecule has 2 heterocycles. The summed E-state index contributed by atoms with van der Waals surface area (Å²) in [5.74, 6) is 0.779. The predicted molar refractivity (Wildman–Crippen MR) is 78.1 cm³/mol. The van der Waals surface area contributed by atoms with Gasteiger partial charge in [0.25, 0.3) is 5.91 Å². The van der Waals surface area contributed by atoms with E-state index in [1.54, 1.807) is 6.07 Å². The van der Waals surface area contributed by atoms with Crippen LogP contribution in [0.1, 0.15) is 56.6 Å². The van der Waals surface area contributed by atoms with E-state index in [1.165, 1.54) is 6.42 Å². The lowest BCUT2D eigenvalue weighted by Crippen LogP contribution is -2.40. The van der Waals surface area contributed by atoms with E-state index in [-0.39, 0.29) is 11.9 Å². The first-order valence-electron chi connectivity index (χ1n) is 7.29. The Labute approximate surface area is 115 Å². The molecule has 1 fully saturated rings. The summed E-state index contributed by atoms with van der Waals surface area (Å²) in [5, 5.41) is 0. The van der Waals surface area contributed by atoms with E-state index in [1.807, 2.05) is 15.7 Å². The number of nitrogens with two attached hydrogens (primary N) is 1. The van der Waals surface area contributed by atoms with Crippen molar-refractivity contribution in [3.63, 3.8) is 0 Å². The van der Waals surface area contributed by atoms with Crippen molar-refractivity contribution in [3.05, 3.63) is 18.0 Å². The summed E-state index contributed by atoms with van der Waals surface area (Å²) in [5.41, 5.74) is 7.24. The normalized spacial score (nSPS) is 20.0. The van der Waals surface area contributed by atoms with Gasteiger partial charge in [0.15, 0.2) is 0 Å². The third-order valence-corrected chi connectivity index (χ3v) is 4.03. The highest BCUT2D eigenvalue weighted by Gasteiger charge is 2.26. The number of hydrogen-bond donors (Lipinski definition) is 1. The lowest BCUT2D eigenvalue weighted by molar-refractivity contribution is 0.0658. The number of carbonyl (C=O) groups excluding carboxylic acids is 1. The fraction of sp³-hybridized carbons (Fsp3) is 0.667. The van der Waals surface area contributed by atoms with E-state index in [0.29, 0.717) is 11.6 Å². The average molecular weight is 263 g/mol. The minimum atomic E-state index is 0.128. The first-order valence-corrected chi connectivity index (χ1v) is 7.29. The van der Waals surface area contributed by atoms with Gasteiger partial charge in [-0.3, -0.25) is 4.79 Å². The van der Waals surface area contributed by atoms with E-state index in [0.717, 1.165) is 31.6 Å². The molecule has 2 rings (SSSR count). The van der Waals surface area contributed by atoms with Gasteiger partial charge in [-0.05, 0) is 38.7 Å². The second-order valence-corrected chi connectivity index (χ2v) is 5.83. The van der Waals surface area contributed by atoms with Crippen molar-refractivity contribution in [2.45, 2.75) is 46.1 Å². The molecule has 106 valence electrons. The maximum Gasteiger partial charge on any atom is 0.270 e. The van der Waals surface area contributed by atoms with Crippen molar-refractivity contribution in [2.24, 2.45) is 5.92 Å². The van der Waals surface area contributed by atoms with Gasteiger partial charge >= 0.3 is 0 Å². The fourth-order valence-corrected chi connectivity index (χ4v) is 2.84. The highest BCUT2D eigenvalue weighted by Crippen LogP contribution is 2.23. The molecule has 1 aliphatic heterocycles. The number of nitrogens with zero attached hydrogens (tertiary/aromatic N) is 2. The van der Waals surface area contributed by atoms with Crippen LogP contribution in [0, 0.1) is 5.92 Å². The molecule has 1 aromatic heterocycles. The standard InChI is InChI=1S/C15H25N3O/c1-4-12-6-5-7-17(9-12)15(19)14-8-13(16)10-18(14)11(2)3/h8,10-12H,4-7,9,16H2,1-3H3. The van der Waals surface area contributed by atoms with Crippen molar-refractivity contribution in [3.8, 4) is 0 Å². The molecule has 0 aliphatic carbocycles. The Bertz CT molecular complexity index is 450. The van der Waals surface area contributed by atoms with Gasteiger partial charge in [-0.2, -0.15) is 0 Å². The van der Waals surface area contributed by atoms with Crippen LogP contribution >= 0.6 is 0 Å². The van der Waals surface area contributed by atoms with Crippen molar-refractivity contribution in [2.75, 3.05) is 18.8 Å². The zero-order valence-electron chi connectivity index (χ0n) is 12.2. The smallest absolute Gasteiger partial charge is 0.270 e. The molecule has 1 aliphatic rings. The quantitative estimate of drug-likeness (QED) is 0.911. The second-order valence-electron chi connectivity index (χ2n) is 5.83. The molecule has 4 heteroatoms. The Morgan fingerprint density at radius 1 is 1.53 bits per heavy atom. The average Bonchev–Trinajstić information content (AvgIpc) is 2.80. The Morgan fingerprint density at radius 2 is 2.26 bits per heavy atom. The second kappa shape index (κ2) is 5.68. The van der Waals surface area contributed by atoms with Crippen LogP contribution in [-0.4, -0.2) is 28.5 Å². The van der Waals surface area contributed by atoms with E-state index in [9.17, 15) is 4.79 Å². The number of amides is 1. The van der Waals surface area contributed by atoms with Crippen LogP contribution in [-0.2, 0) is 0 Å². The van der Waals surface area contributed by atoms with Crippen LogP contribution in [0.25, 0.3) is 0 Å². The molecule has 0 radical (unpaired) electrons. The van der Waals surface area contributed by atoms with E-state index in [4.69, 9.17) is 5.73 Å². The largest absolute Gasteiger partial charge is 0.397 e. The lowest BCUT2D eigenvalue weighted by Gasteiger charge is -2.32. The van der Waals surface area contributed by atoms with Gasteiger partial charge in [0, 0.05) is 25.3 Å². The summed E-state index contributed by atoms with van der Waals surface area (Å²) in [7, 11) is 0. The van der Waals surface area contributed by atoms with E-state index in [2.05, 4.69) is 20.8 Å². The number of carbonyl (C=O) groups is 1. The molecular formula is C15H25N3O. The maximum absolute atomic E-state index is 12.6. The van der Waals surface area contributed by atoms with Crippen molar-refractivity contribution in [1.82, 2.24) is 9.47 Å². The third kappa shape index (κ3) is 2.94. The molecule has 1 saturated heterocycles. The van der Waals surface area contributed by atoms with Crippen LogP contribution in [0.3, 0.4) is 0 Å². The topological polar surface area (TPSA) is 51.3 Å². The summed E-state index contributed by atoms with van der Waals surface area (Å²) in [6, 6.07) is 2.06. The molecule has 0 aromatic carbocycles. The van der Waals surface area contributed by atoms with Crippen LogP contribution < -0.4 is 5.73 Å². The van der Waals surface area contributed by atoms with Crippen LogP contribution in [0.5, 0.6) is 0 Å². The molecule has 0 saturated carbocycles. The Balaban J connectivity index is 2.19. The summed E-state index contributed by atoms with van der Waals surface area (Å²) < 4.78 is 1.98. The number of anilines is 1. The first-order chi connectivity index (χ1) is 9.02. The molecule has 1 amide bonds. The fourth-order valence-electron chi connectivity index (χ4n) is 2.84. The summed E-state index contributed by atoms with van der Waals surface area (Å²) in [4.78, 5) is 14.6. The molecule has 19 heavy (non-hydrogen) atoms. The Kier molecular flexibility index (Phi) is 4.17. The van der Waals surface area contributed by atoms with Crippen molar-refractivity contribution < 1.29 is 4.79 Å². The molecule has 1 unspecified atom stereocenters. The Hall–Kier alpha value is -1.45. The van der Waals surface area contributed by atoms with E-state index >= 15 is 0 Å².